The number of nitrogens with one attached hydrogen (secondary N) is 1. The van der Waals surface area contributed by atoms with Crippen LogP contribution in [0.15, 0.2) is 36.5 Å². The molecule has 0 bridgehead atoms. The lowest BCUT2D eigenvalue weighted by Crippen LogP contribution is -2.20. The van der Waals surface area contributed by atoms with Crippen LogP contribution in [0.25, 0.3) is 5.82 Å². The van der Waals surface area contributed by atoms with Crippen molar-refractivity contribution in [3.63, 3.8) is 0 Å². The highest BCUT2D eigenvalue weighted by molar-refractivity contribution is 6.35. The molecule has 160 valence electrons. The van der Waals surface area contributed by atoms with Crippen LogP contribution in [0.5, 0.6) is 0 Å². The number of hydrogen-bond acceptors (Lipinski definition) is 6. The fourth-order valence-electron chi connectivity index (χ4n) is 3.54. The van der Waals surface area contributed by atoms with Crippen LogP contribution < -0.4 is 10.2 Å². The molecule has 0 unspecified atom stereocenters. The number of pyridine rings is 1. The van der Waals surface area contributed by atoms with E-state index in [4.69, 9.17) is 23.2 Å². The van der Waals surface area contributed by atoms with E-state index in [1.54, 1.807) is 25.1 Å². The van der Waals surface area contributed by atoms with Gasteiger partial charge in [-0.3, -0.25) is 14.9 Å². The first-order valence-electron chi connectivity index (χ1n) is 9.56. The van der Waals surface area contributed by atoms with Crippen LogP contribution in [0, 0.1) is 17.0 Å². The monoisotopic (exact) mass is 460 g/mol. The highest BCUT2D eigenvalue weighted by Gasteiger charge is 2.24. The van der Waals surface area contributed by atoms with Crippen LogP contribution in [0.1, 0.15) is 28.9 Å². The van der Waals surface area contributed by atoms with E-state index in [1.165, 1.54) is 23.0 Å². The predicted molar refractivity (Wildman–Crippen MR) is 119 cm³/mol. The van der Waals surface area contributed by atoms with Crippen molar-refractivity contribution in [2.75, 3.05) is 23.3 Å². The van der Waals surface area contributed by atoms with E-state index < -0.39 is 10.8 Å². The molecule has 31 heavy (non-hydrogen) atoms. The second kappa shape index (κ2) is 8.52. The zero-order valence-corrected chi connectivity index (χ0v) is 18.0. The van der Waals surface area contributed by atoms with Crippen molar-refractivity contribution in [2.45, 2.75) is 19.8 Å². The largest absolute Gasteiger partial charge is 0.366 e. The van der Waals surface area contributed by atoms with E-state index in [1.807, 2.05) is 4.90 Å². The molecule has 11 heteroatoms. The van der Waals surface area contributed by atoms with Crippen LogP contribution in [-0.2, 0) is 0 Å². The first-order chi connectivity index (χ1) is 14.8. The molecule has 0 atom stereocenters. The van der Waals surface area contributed by atoms with Crippen LogP contribution in [0.3, 0.4) is 0 Å². The first kappa shape index (κ1) is 21.1. The summed E-state index contributed by atoms with van der Waals surface area (Å²) >= 11 is 12.1. The number of aromatic nitrogens is 3. The number of benzene rings is 1. The van der Waals surface area contributed by atoms with Gasteiger partial charge in [-0.1, -0.05) is 23.2 Å². The smallest absolute Gasteiger partial charge is 0.293 e. The summed E-state index contributed by atoms with van der Waals surface area (Å²) in [6.07, 6.45) is 3.40. The molecule has 0 saturated carbocycles. The standard InChI is InChI=1S/C20H18Cl2N6O3/c1-12-8-18(27(25-12)19-15(22)10-14(21)11-23-19)24-20(29)13-4-5-16(17(9-13)28(30)31)26-6-2-3-7-26/h4-5,8-11H,2-3,6-7H2,1H3,(H,24,29). The van der Waals surface area contributed by atoms with Gasteiger partial charge in [0.15, 0.2) is 5.82 Å². The molecule has 0 aliphatic carbocycles. The molecule has 1 aliphatic heterocycles. The van der Waals surface area contributed by atoms with E-state index in [-0.39, 0.29) is 16.3 Å². The van der Waals surface area contributed by atoms with Crippen LogP contribution in [0.4, 0.5) is 17.2 Å². The predicted octanol–water partition coefficient (Wildman–Crippen LogP) is 4.64. The number of amides is 1. The molecule has 1 N–H and O–H groups in total. The summed E-state index contributed by atoms with van der Waals surface area (Å²) < 4.78 is 1.39. The Morgan fingerprint density at radius 1 is 1.19 bits per heavy atom. The van der Waals surface area contributed by atoms with Crippen molar-refractivity contribution >= 4 is 46.3 Å². The Balaban J connectivity index is 1.65. The summed E-state index contributed by atoms with van der Waals surface area (Å²) in [4.78, 5) is 30.2. The Hall–Kier alpha value is -3.17. The number of hydrogen-bond donors (Lipinski definition) is 1. The van der Waals surface area contributed by atoms with Crippen molar-refractivity contribution in [2.24, 2.45) is 0 Å². The van der Waals surface area contributed by atoms with Gasteiger partial charge < -0.3 is 10.2 Å². The van der Waals surface area contributed by atoms with Gasteiger partial charge >= 0.3 is 0 Å². The molecule has 4 rings (SSSR count). The molecular weight excluding hydrogens is 443 g/mol. The van der Waals surface area contributed by atoms with E-state index in [0.29, 0.717) is 28.0 Å². The van der Waals surface area contributed by atoms with Crippen LogP contribution >= 0.6 is 23.2 Å². The second-order valence-electron chi connectivity index (χ2n) is 7.15. The maximum absolute atomic E-state index is 12.9. The number of rotatable bonds is 5. The molecule has 9 nitrogen and oxygen atoms in total. The quantitative estimate of drug-likeness (QED) is 0.438. The number of anilines is 2. The van der Waals surface area contributed by atoms with E-state index in [2.05, 4.69) is 15.4 Å². The minimum Gasteiger partial charge on any atom is -0.366 e. The Morgan fingerprint density at radius 3 is 2.61 bits per heavy atom. The average Bonchev–Trinajstić information content (AvgIpc) is 3.37. The highest BCUT2D eigenvalue weighted by atomic mass is 35.5. The molecule has 0 radical (unpaired) electrons. The lowest BCUT2D eigenvalue weighted by atomic mass is 10.1. The van der Waals surface area contributed by atoms with E-state index in [0.717, 1.165) is 25.9 Å². The van der Waals surface area contributed by atoms with Crippen molar-refractivity contribution in [3.8, 4) is 5.82 Å². The topological polar surface area (TPSA) is 106 Å². The van der Waals surface area contributed by atoms with Gasteiger partial charge in [0.2, 0.25) is 0 Å². The van der Waals surface area contributed by atoms with Gasteiger partial charge in [-0.2, -0.15) is 9.78 Å². The lowest BCUT2D eigenvalue weighted by molar-refractivity contribution is -0.384. The maximum Gasteiger partial charge on any atom is 0.293 e. The van der Waals surface area contributed by atoms with Crippen molar-refractivity contribution in [1.29, 1.82) is 0 Å². The van der Waals surface area contributed by atoms with Gasteiger partial charge in [-0.15, -0.1) is 0 Å². The third-order valence-electron chi connectivity index (χ3n) is 4.94. The second-order valence-corrected chi connectivity index (χ2v) is 7.99. The molecule has 2 aromatic heterocycles. The fourth-order valence-corrected chi connectivity index (χ4v) is 4.00. The Labute approximate surface area is 187 Å². The van der Waals surface area contributed by atoms with Crippen LogP contribution in [-0.4, -0.2) is 38.7 Å². The molecule has 1 saturated heterocycles. The summed E-state index contributed by atoms with van der Waals surface area (Å²) in [5, 5.41) is 19.3. The number of aryl methyl sites for hydroxylation is 1. The number of carbonyl (C=O) groups is 1. The summed E-state index contributed by atoms with van der Waals surface area (Å²) in [5.74, 6) is 0.109. The molecular formula is C20H18Cl2N6O3. The van der Waals surface area contributed by atoms with Gasteiger partial charge in [0.1, 0.15) is 11.5 Å². The Bertz CT molecular complexity index is 1170. The SMILES string of the molecule is Cc1cc(NC(=O)c2ccc(N3CCCC3)c([N+](=O)[O-])c2)n(-c2ncc(Cl)cc2Cl)n1. The highest BCUT2D eigenvalue weighted by Crippen LogP contribution is 2.32. The molecule has 3 heterocycles. The zero-order valence-electron chi connectivity index (χ0n) is 16.5. The van der Waals surface area contributed by atoms with E-state index in [9.17, 15) is 14.9 Å². The maximum atomic E-state index is 12.9. The normalized spacial score (nSPS) is 13.5. The van der Waals surface area contributed by atoms with Gasteiger partial charge in [0.05, 0.1) is 20.7 Å². The molecule has 0 spiro atoms. The first-order valence-corrected chi connectivity index (χ1v) is 10.3. The molecule has 3 aromatic rings. The Kier molecular flexibility index (Phi) is 5.79. The number of nitro benzene ring substituents is 1. The Morgan fingerprint density at radius 2 is 1.94 bits per heavy atom. The van der Waals surface area contributed by atoms with Crippen molar-refractivity contribution < 1.29 is 9.72 Å². The van der Waals surface area contributed by atoms with Gasteiger partial charge in [-0.05, 0) is 38.0 Å². The summed E-state index contributed by atoms with van der Waals surface area (Å²) in [6.45, 7) is 3.28. The van der Waals surface area contributed by atoms with Gasteiger partial charge in [0, 0.05) is 37.0 Å². The number of halogens is 2. The number of nitrogens with zero attached hydrogens (tertiary/aromatic N) is 5. The molecule has 1 aliphatic rings. The third kappa shape index (κ3) is 4.33. The van der Waals surface area contributed by atoms with Crippen molar-refractivity contribution in [1.82, 2.24) is 14.8 Å². The van der Waals surface area contributed by atoms with E-state index >= 15 is 0 Å². The minimum absolute atomic E-state index is 0.0957. The average molecular weight is 461 g/mol. The number of nitro groups is 1. The van der Waals surface area contributed by atoms with Crippen LogP contribution in [0.2, 0.25) is 10.0 Å². The third-order valence-corrected chi connectivity index (χ3v) is 5.43. The summed E-state index contributed by atoms with van der Waals surface area (Å²) in [5.41, 5.74) is 1.22. The summed E-state index contributed by atoms with van der Waals surface area (Å²) in [7, 11) is 0. The zero-order chi connectivity index (χ0) is 22.1. The van der Waals surface area contributed by atoms with Gasteiger partial charge in [-0.25, -0.2) is 4.98 Å². The molecule has 1 fully saturated rings. The number of carbonyl (C=O) groups excluding carboxylic acids is 1. The minimum atomic E-state index is -0.512. The molecule has 1 aromatic carbocycles. The lowest BCUT2D eigenvalue weighted by Gasteiger charge is -2.17. The fraction of sp³-hybridized carbons (Fsp3) is 0.250. The summed E-state index contributed by atoms with van der Waals surface area (Å²) in [6, 6.07) is 7.67. The van der Waals surface area contributed by atoms with Crippen molar-refractivity contribution in [3.05, 3.63) is 67.9 Å². The van der Waals surface area contributed by atoms with Gasteiger partial charge in [0.25, 0.3) is 11.6 Å². The molecule has 1 amide bonds.